The van der Waals surface area contributed by atoms with Gasteiger partial charge in [-0.2, -0.15) is 5.10 Å². The lowest BCUT2D eigenvalue weighted by Crippen LogP contribution is -2.15. The van der Waals surface area contributed by atoms with E-state index in [0.29, 0.717) is 16.6 Å². The van der Waals surface area contributed by atoms with Gasteiger partial charge in [-0.25, -0.2) is 13.8 Å². The Morgan fingerprint density at radius 3 is 2.90 bits per heavy atom. The van der Waals surface area contributed by atoms with E-state index in [4.69, 9.17) is 0 Å². The van der Waals surface area contributed by atoms with Gasteiger partial charge in [-0.3, -0.25) is 14.5 Å². The van der Waals surface area contributed by atoms with Gasteiger partial charge in [0.15, 0.2) is 17.2 Å². The molecule has 108 valence electrons. The van der Waals surface area contributed by atoms with E-state index in [-0.39, 0.29) is 18.1 Å². The first kappa shape index (κ1) is 13.2. The second-order valence-corrected chi connectivity index (χ2v) is 4.52. The second kappa shape index (κ2) is 4.97. The first-order valence-electron chi connectivity index (χ1n) is 6.14. The van der Waals surface area contributed by atoms with Crippen LogP contribution in [0.3, 0.4) is 0 Å². The highest BCUT2D eigenvalue weighted by Crippen LogP contribution is 2.11. The Kier molecular flexibility index (Phi) is 3.13. The normalized spacial score (nSPS) is 11.0. The topological polar surface area (TPSA) is 75.6 Å². The minimum atomic E-state index is -0.918. The lowest BCUT2D eigenvalue weighted by Gasteiger charge is -2.06. The number of anilines is 1. The summed E-state index contributed by atoms with van der Waals surface area (Å²) in [6.45, 7) is 0.200. The highest BCUT2D eigenvalue weighted by atomic mass is 19.2. The Balaban J connectivity index is 1.85. The molecule has 3 aromatic rings. The smallest absolute Gasteiger partial charge is 0.278 e. The van der Waals surface area contributed by atoms with Crippen molar-refractivity contribution in [2.24, 2.45) is 7.05 Å². The molecule has 0 bridgehead atoms. The molecule has 2 heterocycles. The Labute approximate surface area is 117 Å². The molecule has 0 radical (unpaired) electrons. The Hall–Kier alpha value is -2.77. The van der Waals surface area contributed by atoms with Gasteiger partial charge in [0.25, 0.3) is 5.56 Å². The monoisotopic (exact) mass is 291 g/mol. The number of aryl methyl sites for hydroxylation is 1. The van der Waals surface area contributed by atoms with Gasteiger partial charge in [0.05, 0.1) is 6.20 Å². The lowest BCUT2D eigenvalue weighted by molar-refractivity contribution is 0.507. The van der Waals surface area contributed by atoms with Crippen LogP contribution >= 0.6 is 0 Å². The third kappa shape index (κ3) is 2.47. The van der Waals surface area contributed by atoms with Crippen LogP contribution in [0.25, 0.3) is 11.0 Å². The molecule has 0 aliphatic carbocycles. The van der Waals surface area contributed by atoms with E-state index < -0.39 is 11.6 Å². The van der Waals surface area contributed by atoms with Crippen LogP contribution in [0.15, 0.2) is 29.2 Å². The number of benzene rings is 1. The molecule has 3 rings (SSSR count). The first-order chi connectivity index (χ1) is 10.0. The molecule has 0 amide bonds. The molecule has 0 unspecified atom stereocenters. The van der Waals surface area contributed by atoms with Crippen LogP contribution in [0, 0.1) is 11.6 Å². The van der Waals surface area contributed by atoms with Crippen molar-refractivity contribution >= 4 is 17.0 Å². The molecule has 2 N–H and O–H groups in total. The van der Waals surface area contributed by atoms with E-state index in [1.54, 1.807) is 7.05 Å². The molecule has 1 aromatic carbocycles. The molecule has 6 nitrogen and oxygen atoms in total. The third-order valence-electron chi connectivity index (χ3n) is 3.04. The fourth-order valence-electron chi connectivity index (χ4n) is 2.01. The maximum Gasteiger partial charge on any atom is 0.278 e. The van der Waals surface area contributed by atoms with E-state index in [1.165, 1.54) is 16.9 Å². The highest BCUT2D eigenvalue weighted by Gasteiger charge is 2.08. The van der Waals surface area contributed by atoms with Crippen LogP contribution in [-0.4, -0.2) is 19.7 Å². The summed E-state index contributed by atoms with van der Waals surface area (Å²) in [6.07, 6.45) is 1.48. The van der Waals surface area contributed by atoms with Crippen molar-refractivity contribution < 1.29 is 8.78 Å². The number of fused-ring (bicyclic) bond motifs is 1. The molecule has 0 aliphatic rings. The fourth-order valence-corrected chi connectivity index (χ4v) is 2.01. The molecule has 2 aromatic heterocycles. The quantitative estimate of drug-likeness (QED) is 0.767. The predicted octanol–water partition coefficient (Wildman–Crippen LogP) is 1.55. The van der Waals surface area contributed by atoms with Gasteiger partial charge in [-0.15, -0.1) is 0 Å². The van der Waals surface area contributed by atoms with E-state index in [1.807, 2.05) is 0 Å². The van der Waals surface area contributed by atoms with Gasteiger partial charge in [-0.1, -0.05) is 6.07 Å². The van der Waals surface area contributed by atoms with Gasteiger partial charge in [0.2, 0.25) is 5.95 Å². The zero-order valence-corrected chi connectivity index (χ0v) is 11.0. The molecule has 8 heteroatoms. The van der Waals surface area contributed by atoms with Crippen molar-refractivity contribution in [1.82, 2.24) is 19.7 Å². The standard InChI is InChI=1S/C13H11F2N5O/c1-20-11-10(6-17-20)18-13(19-12(11)21)16-5-7-2-3-8(14)9(15)4-7/h2-4,6H,5H2,1H3,(H2,16,18,19,21). The van der Waals surface area contributed by atoms with Crippen LogP contribution in [-0.2, 0) is 13.6 Å². The summed E-state index contributed by atoms with van der Waals surface area (Å²) < 4.78 is 27.4. The summed E-state index contributed by atoms with van der Waals surface area (Å²) in [5.41, 5.74) is 1.03. The number of halogens is 2. The van der Waals surface area contributed by atoms with Gasteiger partial charge < -0.3 is 5.32 Å². The summed E-state index contributed by atoms with van der Waals surface area (Å²) in [7, 11) is 1.65. The van der Waals surface area contributed by atoms with Crippen molar-refractivity contribution in [2.75, 3.05) is 5.32 Å². The maximum atomic E-state index is 13.1. The van der Waals surface area contributed by atoms with Crippen LogP contribution in [0.2, 0.25) is 0 Å². The minimum absolute atomic E-state index is 0.200. The third-order valence-corrected chi connectivity index (χ3v) is 3.04. The Bertz CT molecular complexity index is 871. The average molecular weight is 291 g/mol. The summed E-state index contributed by atoms with van der Waals surface area (Å²) in [4.78, 5) is 18.6. The average Bonchev–Trinajstić information content (AvgIpc) is 2.82. The minimum Gasteiger partial charge on any atom is -0.352 e. The molecule has 21 heavy (non-hydrogen) atoms. The molecular weight excluding hydrogens is 280 g/mol. The highest BCUT2D eigenvalue weighted by molar-refractivity contribution is 5.73. The number of nitrogens with one attached hydrogen (secondary N) is 2. The van der Waals surface area contributed by atoms with Gasteiger partial charge in [0, 0.05) is 13.6 Å². The number of H-pyrrole nitrogens is 1. The van der Waals surface area contributed by atoms with Crippen LogP contribution in [0.5, 0.6) is 0 Å². The summed E-state index contributed by atoms with van der Waals surface area (Å²) >= 11 is 0. The molecule has 0 fully saturated rings. The molecule has 0 spiro atoms. The van der Waals surface area contributed by atoms with Crippen LogP contribution < -0.4 is 10.9 Å². The lowest BCUT2D eigenvalue weighted by atomic mass is 10.2. The molecule has 0 aliphatic heterocycles. The number of rotatable bonds is 3. The van der Waals surface area contributed by atoms with Crippen molar-refractivity contribution in [1.29, 1.82) is 0 Å². The number of nitrogens with zero attached hydrogens (tertiary/aromatic N) is 3. The van der Waals surface area contributed by atoms with Gasteiger partial charge in [-0.05, 0) is 17.7 Å². The van der Waals surface area contributed by atoms with E-state index in [2.05, 4.69) is 20.4 Å². The van der Waals surface area contributed by atoms with Crippen LogP contribution in [0.4, 0.5) is 14.7 Å². The van der Waals surface area contributed by atoms with Crippen molar-refractivity contribution in [2.45, 2.75) is 6.54 Å². The van der Waals surface area contributed by atoms with Crippen molar-refractivity contribution in [3.8, 4) is 0 Å². The predicted molar refractivity (Wildman–Crippen MR) is 72.8 cm³/mol. The molecular formula is C13H11F2N5O. The Morgan fingerprint density at radius 2 is 2.14 bits per heavy atom. The second-order valence-electron chi connectivity index (χ2n) is 4.52. The maximum absolute atomic E-state index is 13.1. The molecule has 0 saturated carbocycles. The zero-order valence-electron chi connectivity index (χ0n) is 11.0. The Morgan fingerprint density at radius 1 is 1.33 bits per heavy atom. The zero-order chi connectivity index (χ0) is 15.0. The van der Waals surface area contributed by atoms with Crippen molar-refractivity contribution in [3.63, 3.8) is 0 Å². The SMILES string of the molecule is Cn1ncc2nc(NCc3ccc(F)c(F)c3)[nH]c(=O)c21. The summed E-state index contributed by atoms with van der Waals surface area (Å²) in [6, 6.07) is 3.59. The number of hydrogen-bond acceptors (Lipinski definition) is 4. The number of hydrogen-bond donors (Lipinski definition) is 2. The number of aromatic amines is 1. The first-order valence-corrected chi connectivity index (χ1v) is 6.14. The van der Waals surface area contributed by atoms with E-state index >= 15 is 0 Å². The molecule has 0 saturated heterocycles. The van der Waals surface area contributed by atoms with Crippen LogP contribution in [0.1, 0.15) is 5.56 Å². The summed E-state index contributed by atoms with van der Waals surface area (Å²) in [5, 5.41) is 6.81. The molecule has 0 atom stereocenters. The summed E-state index contributed by atoms with van der Waals surface area (Å²) in [5.74, 6) is -1.58. The van der Waals surface area contributed by atoms with Gasteiger partial charge in [0.1, 0.15) is 5.52 Å². The van der Waals surface area contributed by atoms with E-state index in [0.717, 1.165) is 12.1 Å². The van der Waals surface area contributed by atoms with E-state index in [9.17, 15) is 13.6 Å². The fraction of sp³-hybridized carbons (Fsp3) is 0.154. The van der Waals surface area contributed by atoms with Crippen molar-refractivity contribution in [3.05, 3.63) is 51.9 Å². The number of aromatic nitrogens is 4. The van der Waals surface area contributed by atoms with Gasteiger partial charge >= 0.3 is 0 Å². The largest absolute Gasteiger partial charge is 0.352 e.